The molecule has 5 aliphatic carbocycles. The van der Waals surface area contributed by atoms with Crippen LogP contribution in [0, 0.1) is 45.8 Å². The second-order valence-corrected chi connectivity index (χ2v) is 13.9. The Morgan fingerprint density at radius 1 is 1.00 bits per heavy atom. The Kier molecular flexibility index (Phi) is 5.52. The molecule has 0 heterocycles. The molecule has 4 saturated carbocycles. The fourth-order valence-electron chi connectivity index (χ4n) is 9.50. The molecule has 8 atom stereocenters. The summed E-state index contributed by atoms with van der Waals surface area (Å²) in [5.41, 5.74) is 2.89. The first-order chi connectivity index (χ1) is 14.6. The molecule has 0 unspecified atom stereocenters. The fraction of sp³-hybridized carbons (Fsp3) is 0.933. The van der Waals surface area contributed by atoms with Gasteiger partial charge in [-0.25, -0.2) is 0 Å². The molecule has 0 spiro atoms. The first-order valence-electron chi connectivity index (χ1n) is 14.0. The Morgan fingerprint density at radius 3 is 2.48 bits per heavy atom. The van der Waals surface area contributed by atoms with Crippen molar-refractivity contribution in [3.8, 4) is 0 Å². The van der Waals surface area contributed by atoms with Gasteiger partial charge in [-0.3, -0.25) is 0 Å². The molecule has 0 aliphatic heterocycles. The minimum Gasteiger partial charge on any atom is -0.390 e. The lowest BCUT2D eigenvalue weighted by atomic mass is 9.46. The molecule has 0 amide bonds. The highest BCUT2D eigenvalue weighted by molar-refractivity contribution is 5.27. The van der Waals surface area contributed by atoms with Gasteiger partial charge in [0.25, 0.3) is 0 Å². The van der Waals surface area contributed by atoms with Gasteiger partial charge in [-0.15, -0.1) is 0 Å². The van der Waals surface area contributed by atoms with Crippen LogP contribution < -0.4 is 0 Å². The average Bonchev–Trinajstić information content (AvgIpc) is 3.35. The molecule has 0 aromatic carbocycles. The van der Waals surface area contributed by atoms with E-state index in [9.17, 15) is 5.11 Å². The normalized spacial score (nSPS) is 48.9. The molecule has 0 aromatic heterocycles. The van der Waals surface area contributed by atoms with Crippen molar-refractivity contribution in [2.45, 2.75) is 130 Å². The van der Waals surface area contributed by atoms with Gasteiger partial charge in [0, 0.05) is 0 Å². The van der Waals surface area contributed by atoms with Gasteiger partial charge in [0.15, 0.2) is 0 Å². The van der Waals surface area contributed by atoms with Crippen molar-refractivity contribution in [3.63, 3.8) is 0 Å². The monoisotopic (exact) mass is 426 g/mol. The number of aliphatic hydroxyl groups is 1. The first-order valence-corrected chi connectivity index (χ1v) is 14.0. The summed E-state index contributed by atoms with van der Waals surface area (Å²) in [7, 11) is 0. The SMILES string of the molecule is CC[C@]1(O)CC[C@@]2(C)C(=CC[C@H]3[C@@H]4CC[C@H]([C@H](C)CCCC5(C)CC5)[C@@]4(C)CC[C@@H]32)C1. The predicted octanol–water partition coefficient (Wildman–Crippen LogP) is 8.31. The smallest absolute Gasteiger partial charge is 0.0682 e. The summed E-state index contributed by atoms with van der Waals surface area (Å²) in [6.07, 6.45) is 21.3. The van der Waals surface area contributed by atoms with Gasteiger partial charge in [0.05, 0.1) is 5.60 Å². The van der Waals surface area contributed by atoms with E-state index in [1.807, 2.05) is 0 Å². The van der Waals surface area contributed by atoms with Crippen LogP contribution in [0.1, 0.15) is 125 Å². The van der Waals surface area contributed by atoms with E-state index < -0.39 is 5.60 Å². The maximum absolute atomic E-state index is 11.0. The second kappa shape index (κ2) is 7.61. The molecule has 1 heteroatoms. The third-order valence-electron chi connectivity index (χ3n) is 12.2. The van der Waals surface area contributed by atoms with Crippen molar-refractivity contribution in [1.29, 1.82) is 0 Å². The molecule has 1 nitrogen and oxygen atoms in total. The number of hydrogen-bond acceptors (Lipinski definition) is 1. The highest BCUT2D eigenvalue weighted by atomic mass is 16.3. The Bertz CT molecular complexity index is 718. The Labute approximate surface area is 192 Å². The van der Waals surface area contributed by atoms with Crippen LogP contribution in [0.3, 0.4) is 0 Å². The van der Waals surface area contributed by atoms with Crippen LogP contribution in [0.25, 0.3) is 0 Å². The van der Waals surface area contributed by atoms with E-state index in [0.717, 1.165) is 54.3 Å². The zero-order valence-electron chi connectivity index (χ0n) is 21.3. The summed E-state index contributed by atoms with van der Waals surface area (Å²) in [6, 6.07) is 0. The van der Waals surface area contributed by atoms with Crippen LogP contribution in [0.2, 0.25) is 0 Å². The highest BCUT2D eigenvalue weighted by Gasteiger charge is 2.59. The fourth-order valence-corrected chi connectivity index (χ4v) is 9.50. The lowest BCUT2D eigenvalue weighted by Gasteiger charge is -2.59. The number of hydrogen-bond donors (Lipinski definition) is 1. The zero-order chi connectivity index (χ0) is 22.1. The Balaban J connectivity index is 1.29. The molecular formula is C30H50O. The van der Waals surface area contributed by atoms with Crippen LogP contribution >= 0.6 is 0 Å². The van der Waals surface area contributed by atoms with Crippen molar-refractivity contribution in [2.24, 2.45) is 45.8 Å². The van der Waals surface area contributed by atoms with Gasteiger partial charge in [0.1, 0.15) is 0 Å². The van der Waals surface area contributed by atoms with E-state index in [2.05, 4.69) is 40.7 Å². The predicted molar refractivity (Wildman–Crippen MR) is 131 cm³/mol. The lowest BCUT2D eigenvalue weighted by molar-refractivity contribution is -0.0755. The van der Waals surface area contributed by atoms with Crippen LogP contribution in [-0.2, 0) is 0 Å². The molecule has 0 bridgehead atoms. The highest BCUT2D eigenvalue weighted by Crippen LogP contribution is 2.68. The van der Waals surface area contributed by atoms with Gasteiger partial charge in [-0.05, 0) is 123 Å². The van der Waals surface area contributed by atoms with E-state index in [-0.39, 0.29) is 0 Å². The summed E-state index contributed by atoms with van der Waals surface area (Å²) >= 11 is 0. The largest absolute Gasteiger partial charge is 0.390 e. The van der Waals surface area contributed by atoms with Crippen molar-refractivity contribution in [2.75, 3.05) is 0 Å². The van der Waals surface area contributed by atoms with Crippen molar-refractivity contribution in [1.82, 2.24) is 0 Å². The minimum absolute atomic E-state index is 0.370. The third kappa shape index (κ3) is 3.68. The van der Waals surface area contributed by atoms with Gasteiger partial charge in [-0.2, -0.15) is 0 Å². The maximum Gasteiger partial charge on any atom is 0.0682 e. The quantitative estimate of drug-likeness (QED) is 0.423. The third-order valence-corrected chi connectivity index (χ3v) is 12.2. The van der Waals surface area contributed by atoms with Gasteiger partial charge in [-0.1, -0.05) is 59.1 Å². The van der Waals surface area contributed by atoms with Gasteiger partial charge < -0.3 is 5.11 Å². The molecule has 31 heavy (non-hydrogen) atoms. The van der Waals surface area contributed by atoms with E-state index in [4.69, 9.17) is 0 Å². The minimum atomic E-state index is -0.424. The van der Waals surface area contributed by atoms with Crippen LogP contribution in [-0.4, -0.2) is 10.7 Å². The number of rotatable bonds is 6. The zero-order valence-corrected chi connectivity index (χ0v) is 21.3. The Morgan fingerprint density at radius 2 is 1.77 bits per heavy atom. The molecule has 5 rings (SSSR count). The molecule has 4 fully saturated rings. The molecule has 5 aliphatic rings. The molecule has 1 N–H and O–H groups in total. The summed E-state index contributed by atoms with van der Waals surface area (Å²) in [5.74, 6) is 4.59. The number of fused-ring (bicyclic) bond motifs is 5. The molecule has 0 radical (unpaired) electrons. The van der Waals surface area contributed by atoms with Crippen LogP contribution in [0.15, 0.2) is 11.6 Å². The number of allylic oxidation sites excluding steroid dienone is 1. The summed E-state index contributed by atoms with van der Waals surface area (Å²) < 4.78 is 0. The first kappa shape index (κ1) is 22.5. The van der Waals surface area contributed by atoms with Crippen LogP contribution in [0.4, 0.5) is 0 Å². The molecule has 0 saturated heterocycles. The summed E-state index contributed by atoms with van der Waals surface area (Å²) in [4.78, 5) is 0. The molecule has 0 aromatic rings. The van der Waals surface area contributed by atoms with Crippen LogP contribution in [0.5, 0.6) is 0 Å². The topological polar surface area (TPSA) is 20.2 Å². The lowest BCUT2D eigenvalue weighted by Crippen LogP contribution is -2.52. The van der Waals surface area contributed by atoms with E-state index in [1.54, 1.807) is 5.57 Å². The van der Waals surface area contributed by atoms with E-state index in [1.165, 1.54) is 70.6 Å². The maximum atomic E-state index is 11.0. The van der Waals surface area contributed by atoms with E-state index >= 15 is 0 Å². The molecule has 176 valence electrons. The molecular weight excluding hydrogens is 376 g/mol. The van der Waals surface area contributed by atoms with Crippen molar-refractivity contribution < 1.29 is 5.11 Å². The van der Waals surface area contributed by atoms with Gasteiger partial charge in [0.2, 0.25) is 0 Å². The summed E-state index contributed by atoms with van der Waals surface area (Å²) in [6.45, 7) is 12.6. The standard InChI is InChI=1S/C30H50O/c1-6-30(31)19-18-28(4)22(20-30)9-10-23-25-12-11-24(29(25,5)15-13-26(23)28)21(2)8-7-14-27(3)16-17-27/h9,21,23-26,31H,6-8,10-20H2,1-5H3/t21-,23+,24-,25+,26+,28+,29-,30+/m1/s1. The van der Waals surface area contributed by atoms with E-state index in [0.29, 0.717) is 10.8 Å². The second-order valence-electron chi connectivity index (χ2n) is 13.9. The van der Waals surface area contributed by atoms with Crippen molar-refractivity contribution >= 4 is 0 Å². The summed E-state index contributed by atoms with van der Waals surface area (Å²) in [5, 5.41) is 11.0. The Hall–Kier alpha value is -0.300. The average molecular weight is 427 g/mol. The van der Waals surface area contributed by atoms with Crippen molar-refractivity contribution in [3.05, 3.63) is 11.6 Å². The van der Waals surface area contributed by atoms with Gasteiger partial charge >= 0.3 is 0 Å².